The van der Waals surface area contributed by atoms with Gasteiger partial charge in [-0.1, -0.05) is 35.1 Å². The fraction of sp³-hybridized carbons (Fsp3) is 0.333. The Hall–Kier alpha value is -2.99. The van der Waals surface area contributed by atoms with E-state index in [1.54, 1.807) is 43.0 Å². The number of carbonyl (C=O) groups is 1. The Labute approximate surface area is 201 Å². The van der Waals surface area contributed by atoms with Gasteiger partial charge in [0.05, 0.1) is 33.8 Å². The Bertz CT molecular complexity index is 1220. The molecule has 0 radical (unpaired) electrons. The third-order valence-electron chi connectivity index (χ3n) is 5.62. The van der Waals surface area contributed by atoms with Gasteiger partial charge in [0.25, 0.3) is 0 Å². The minimum Gasteiger partial charge on any atom is -0.388 e. The number of aliphatic hydroxyl groups is 1. The molecular formula is C24H24ClN5O2S. The molecule has 0 unspecified atom stereocenters. The third-order valence-corrected chi connectivity index (χ3v) is 6.83. The minimum absolute atomic E-state index is 0.259. The van der Waals surface area contributed by atoms with Crippen LogP contribution in [0.1, 0.15) is 37.9 Å². The molecule has 1 aromatic carbocycles. The number of pyridine rings is 1. The molecule has 1 aliphatic heterocycles. The molecule has 0 bridgehead atoms. The van der Waals surface area contributed by atoms with Crippen LogP contribution in [0.15, 0.2) is 36.4 Å². The van der Waals surface area contributed by atoms with E-state index in [4.69, 9.17) is 16.6 Å². The van der Waals surface area contributed by atoms with Crippen molar-refractivity contribution in [3.63, 3.8) is 0 Å². The molecule has 2 aromatic heterocycles. The SMILES string of the molecule is Cc1cc(-c2sc(NC(=O)N3CCC[C@@H]3C(C)(C)O)nc2-c2cccc(C#N)c2)cc(Cl)n1. The van der Waals surface area contributed by atoms with E-state index in [-0.39, 0.29) is 12.1 Å². The quantitative estimate of drug-likeness (QED) is 0.481. The Balaban J connectivity index is 1.73. The van der Waals surface area contributed by atoms with Gasteiger partial charge in [0.15, 0.2) is 5.13 Å². The molecule has 0 aliphatic carbocycles. The standard InChI is InChI=1S/C24H24ClN5O2S/c1-14-10-17(12-19(25)27-14)21-20(16-7-4-6-15(11-16)13-26)28-22(33-21)29-23(31)30-9-5-8-18(30)24(2,3)32/h4,6-7,10-12,18,32H,5,8-9H2,1-3H3,(H,28,29,31)/t18-/m1/s1. The lowest BCUT2D eigenvalue weighted by Crippen LogP contribution is -2.49. The van der Waals surface area contributed by atoms with E-state index in [0.29, 0.717) is 28.1 Å². The van der Waals surface area contributed by atoms with Crippen molar-refractivity contribution in [2.24, 2.45) is 0 Å². The Kier molecular flexibility index (Phi) is 6.39. The highest BCUT2D eigenvalue weighted by atomic mass is 35.5. The number of nitrogens with zero attached hydrogens (tertiary/aromatic N) is 4. The zero-order valence-electron chi connectivity index (χ0n) is 18.6. The van der Waals surface area contributed by atoms with Gasteiger partial charge in [-0.25, -0.2) is 14.8 Å². The molecule has 4 rings (SSSR count). The average molecular weight is 482 g/mol. The zero-order valence-corrected chi connectivity index (χ0v) is 20.2. The minimum atomic E-state index is -0.990. The molecular weight excluding hydrogens is 458 g/mol. The second kappa shape index (κ2) is 9.10. The van der Waals surface area contributed by atoms with E-state index in [1.807, 2.05) is 19.1 Å². The second-order valence-electron chi connectivity index (χ2n) is 8.64. The Morgan fingerprint density at radius 1 is 1.30 bits per heavy atom. The van der Waals surface area contributed by atoms with E-state index in [0.717, 1.165) is 34.5 Å². The maximum atomic E-state index is 13.1. The number of benzene rings is 1. The molecule has 0 spiro atoms. The number of carbonyl (C=O) groups excluding carboxylic acids is 1. The molecule has 3 aromatic rings. The van der Waals surface area contributed by atoms with Gasteiger partial charge in [-0.2, -0.15) is 5.26 Å². The molecule has 0 saturated carbocycles. The maximum Gasteiger partial charge on any atom is 0.323 e. The normalized spacial score (nSPS) is 16.0. The van der Waals surface area contributed by atoms with Crippen molar-refractivity contribution in [1.29, 1.82) is 5.26 Å². The average Bonchev–Trinajstić information content (AvgIpc) is 3.40. The van der Waals surface area contributed by atoms with E-state index in [1.165, 1.54) is 11.3 Å². The lowest BCUT2D eigenvalue weighted by Gasteiger charge is -2.33. The van der Waals surface area contributed by atoms with Crippen LogP contribution in [0.25, 0.3) is 21.7 Å². The summed E-state index contributed by atoms with van der Waals surface area (Å²) in [7, 11) is 0. The zero-order chi connectivity index (χ0) is 23.8. The van der Waals surface area contributed by atoms with E-state index in [2.05, 4.69) is 16.4 Å². The molecule has 2 N–H and O–H groups in total. The number of rotatable bonds is 4. The van der Waals surface area contributed by atoms with Gasteiger partial charge >= 0.3 is 6.03 Å². The fourth-order valence-corrected chi connectivity index (χ4v) is 5.38. The smallest absolute Gasteiger partial charge is 0.323 e. The molecule has 1 fully saturated rings. The predicted molar refractivity (Wildman–Crippen MR) is 130 cm³/mol. The van der Waals surface area contributed by atoms with Crippen LogP contribution in [0, 0.1) is 18.3 Å². The summed E-state index contributed by atoms with van der Waals surface area (Å²) in [5.74, 6) is 0. The highest BCUT2D eigenvalue weighted by molar-refractivity contribution is 7.19. The number of amides is 2. The number of aryl methyl sites for hydroxylation is 1. The van der Waals surface area contributed by atoms with Gasteiger partial charge in [0, 0.05) is 17.8 Å². The number of halogens is 1. The van der Waals surface area contributed by atoms with Gasteiger partial charge in [0.1, 0.15) is 5.15 Å². The van der Waals surface area contributed by atoms with Crippen molar-refractivity contribution in [1.82, 2.24) is 14.9 Å². The molecule has 7 nitrogen and oxygen atoms in total. The van der Waals surface area contributed by atoms with Crippen molar-refractivity contribution in [3.8, 4) is 27.8 Å². The van der Waals surface area contributed by atoms with Crippen molar-refractivity contribution in [3.05, 3.63) is 52.8 Å². The summed E-state index contributed by atoms with van der Waals surface area (Å²) >= 11 is 7.54. The Morgan fingerprint density at radius 2 is 2.09 bits per heavy atom. The fourth-order valence-electron chi connectivity index (χ4n) is 4.17. The summed E-state index contributed by atoms with van der Waals surface area (Å²) in [6, 6.07) is 12.5. The molecule has 2 amide bonds. The summed E-state index contributed by atoms with van der Waals surface area (Å²) < 4.78 is 0. The number of likely N-dealkylation sites (tertiary alicyclic amines) is 1. The first kappa shape index (κ1) is 23.2. The van der Waals surface area contributed by atoms with E-state index in [9.17, 15) is 15.2 Å². The lowest BCUT2D eigenvalue weighted by atomic mass is 9.97. The summed E-state index contributed by atoms with van der Waals surface area (Å²) in [5.41, 5.74) is 2.54. The number of aromatic nitrogens is 2. The van der Waals surface area contributed by atoms with Crippen LogP contribution in [-0.2, 0) is 0 Å². The summed E-state index contributed by atoms with van der Waals surface area (Å²) in [4.78, 5) is 24.5. The van der Waals surface area contributed by atoms with Crippen LogP contribution in [0.5, 0.6) is 0 Å². The van der Waals surface area contributed by atoms with Gasteiger partial charge in [0.2, 0.25) is 0 Å². The number of thiazole rings is 1. The molecule has 1 saturated heterocycles. The largest absolute Gasteiger partial charge is 0.388 e. The van der Waals surface area contributed by atoms with Gasteiger partial charge in [-0.15, -0.1) is 0 Å². The topological polar surface area (TPSA) is 102 Å². The monoisotopic (exact) mass is 481 g/mol. The number of hydrogen-bond donors (Lipinski definition) is 2. The molecule has 3 heterocycles. The summed E-state index contributed by atoms with van der Waals surface area (Å²) in [6.07, 6.45) is 1.59. The van der Waals surface area contributed by atoms with Crippen molar-refractivity contribution in [2.75, 3.05) is 11.9 Å². The number of urea groups is 1. The second-order valence-corrected chi connectivity index (χ2v) is 10.0. The van der Waals surface area contributed by atoms with Crippen LogP contribution < -0.4 is 5.32 Å². The van der Waals surface area contributed by atoms with Gasteiger partial charge in [-0.3, -0.25) is 5.32 Å². The van der Waals surface area contributed by atoms with Crippen LogP contribution in [0.2, 0.25) is 5.15 Å². The van der Waals surface area contributed by atoms with Crippen molar-refractivity contribution >= 4 is 34.1 Å². The van der Waals surface area contributed by atoms with Crippen LogP contribution >= 0.6 is 22.9 Å². The lowest BCUT2D eigenvalue weighted by molar-refractivity contribution is 0.0117. The molecule has 1 aliphatic rings. The number of nitrogens with one attached hydrogen (secondary N) is 1. The first-order chi connectivity index (χ1) is 15.7. The molecule has 33 heavy (non-hydrogen) atoms. The molecule has 1 atom stereocenters. The van der Waals surface area contributed by atoms with Crippen molar-refractivity contribution < 1.29 is 9.90 Å². The van der Waals surface area contributed by atoms with Crippen molar-refractivity contribution in [2.45, 2.75) is 45.3 Å². The first-order valence-electron chi connectivity index (χ1n) is 10.6. The van der Waals surface area contributed by atoms with Gasteiger partial charge in [-0.05, 0) is 63.4 Å². The summed E-state index contributed by atoms with van der Waals surface area (Å²) in [5, 5.41) is 23.5. The van der Waals surface area contributed by atoms with Gasteiger partial charge < -0.3 is 10.0 Å². The van der Waals surface area contributed by atoms with E-state index < -0.39 is 5.60 Å². The Morgan fingerprint density at radius 3 is 2.79 bits per heavy atom. The number of hydrogen-bond acceptors (Lipinski definition) is 6. The third kappa shape index (κ3) is 5.01. The number of nitriles is 1. The summed E-state index contributed by atoms with van der Waals surface area (Å²) in [6.45, 7) is 5.88. The number of anilines is 1. The van der Waals surface area contributed by atoms with E-state index >= 15 is 0 Å². The predicted octanol–water partition coefficient (Wildman–Crippen LogP) is 5.47. The first-order valence-corrected chi connectivity index (χ1v) is 11.8. The molecule has 170 valence electrons. The molecule has 9 heteroatoms. The highest BCUT2D eigenvalue weighted by Crippen LogP contribution is 2.40. The van der Waals surface area contributed by atoms with Crippen LogP contribution in [0.3, 0.4) is 0 Å². The highest BCUT2D eigenvalue weighted by Gasteiger charge is 2.38. The maximum absolute atomic E-state index is 13.1. The van der Waals surface area contributed by atoms with Crippen LogP contribution in [0.4, 0.5) is 9.93 Å². The van der Waals surface area contributed by atoms with Crippen LogP contribution in [-0.4, -0.2) is 44.2 Å².